The van der Waals surface area contributed by atoms with Crippen molar-refractivity contribution in [2.45, 2.75) is 0 Å². The van der Waals surface area contributed by atoms with Gasteiger partial charge in [-0.25, -0.2) is 4.79 Å². The van der Waals surface area contributed by atoms with Crippen LogP contribution in [-0.2, 0) is 0 Å². The lowest BCUT2D eigenvalue weighted by atomic mass is 10.4. The van der Waals surface area contributed by atoms with Crippen LogP contribution in [0.2, 0.25) is 0 Å². The van der Waals surface area contributed by atoms with E-state index >= 15 is 0 Å². The third-order valence-electron chi connectivity index (χ3n) is 1.24. The summed E-state index contributed by atoms with van der Waals surface area (Å²) >= 11 is 0. The van der Waals surface area contributed by atoms with Crippen molar-refractivity contribution < 1.29 is 14.3 Å². The number of hydrogen-bond donors (Lipinski definition) is 1. The van der Waals surface area contributed by atoms with Crippen molar-refractivity contribution in [2.24, 2.45) is 5.11 Å². The highest BCUT2D eigenvalue weighted by Crippen LogP contribution is 2.05. The number of carbonyl (C=O) groups is 1. The van der Waals surface area contributed by atoms with Gasteiger partial charge in [0.2, 0.25) is 5.76 Å². The number of furan rings is 1. The molecule has 0 saturated carbocycles. The zero-order chi connectivity index (χ0) is 10.4. The van der Waals surface area contributed by atoms with Crippen LogP contribution in [0.3, 0.4) is 0 Å². The monoisotopic (exact) mass is 191 g/mol. The van der Waals surface area contributed by atoms with Crippen molar-refractivity contribution >= 4 is 5.97 Å². The molecule has 0 atom stereocenters. The lowest BCUT2D eigenvalue weighted by molar-refractivity contribution is 0.0662. The normalized spacial score (nSPS) is 8.29. The Hall–Kier alpha value is -2.38. The molecule has 14 heavy (non-hydrogen) atoms. The lowest BCUT2D eigenvalue weighted by Crippen LogP contribution is -1.91. The largest absolute Gasteiger partial charge is 0.475 e. The highest BCUT2D eigenvalue weighted by molar-refractivity contribution is 5.84. The SMILES string of the molecule is [N-]=[N+]=NCC#Cc1ccc(C(=O)O)o1. The molecule has 0 fully saturated rings. The van der Waals surface area contributed by atoms with Crippen LogP contribution in [0.5, 0.6) is 0 Å². The van der Waals surface area contributed by atoms with Crippen LogP contribution < -0.4 is 0 Å². The average Bonchev–Trinajstić information content (AvgIpc) is 2.61. The van der Waals surface area contributed by atoms with E-state index in [-0.39, 0.29) is 18.1 Å². The Balaban J connectivity index is 2.71. The third-order valence-corrected chi connectivity index (χ3v) is 1.24. The Bertz CT molecular complexity index is 446. The Morgan fingerprint density at radius 1 is 1.71 bits per heavy atom. The zero-order valence-electron chi connectivity index (χ0n) is 6.97. The van der Waals surface area contributed by atoms with E-state index in [2.05, 4.69) is 21.9 Å². The molecule has 0 bridgehead atoms. The number of carboxylic acids is 1. The Morgan fingerprint density at radius 3 is 3.07 bits per heavy atom. The summed E-state index contributed by atoms with van der Waals surface area (Å²) in [6.07, 6.45) is 0. The fraction of sp³-hybridized carbons (Fsp3) is 0.125. The average molecular weight is 191 g/mol. The van der Waals surface area contributed by atoms with Gasteiger partial charge in [0.15, 0.2) is 5.76 Å². The maximum Gasteiger partial charge on any atom is 0.371 e. The van der Waals surface area contributed by atoms with E-state index in [9.17, 15) is 4.79 Å². The maximum absolute atomic E-state index is 10.4. The lowest BCUT2D eigenvalue weighted by Gasteiger charge is -1.82. The van der Waals surface area contributed by atoms with Gasteiger partial charge in [0.05, 0.1) is 6.54 Å². The minimum atomic E-state index is -1.15. The predicted molar refractivity (Wildman–Crippen MR) is 46.6 cm³/mol. The molecule has 0 aliphatic carbocycles. The molecule has 0 aromatic carbocycles. The zero-order valence-corrected chi connectivity index (χ0v) is 6.97. The van der Waals surface area contributed by atoms with Crippen molar-refractivity contribution in [1.82, 2.24) is 0 Å². The van der Waals surface area contributed by atoms with E-state index in [4.69, 9.17) is 15.1 Å². The summed E-state index contributed by atoms with van der Waals surface area (Å²) in [6, 6.07) is 2.74. The summed E-state index contributed by atoms with van der Waals surface area (Å²) < 4.78 is 4.82. The first-order valence-corrected chi connectivity index (χ1v) is 3.57. The van der Waals surface area contributed by atoms with Crippen molar-refractivity contribution in [3.8, 4) is 11.8 Å². The standard InChI is InChI=1S/C8H5N3O3/c9-11-10-5-1-2-6-3-4-7(14-6)8(12)13/h3-4H,5H2,(H,12,13). The number of hydrogen-bond acceptors (Lipinski definition) is 3. The van der Waals surface area contributed by atoms with Crippen molar-refractivity contribution in [3.63, 3.8) is 0 Å². The number of nitrogens with zero attached hydrogens (tertiary/aromatic N) is 3. The van der Waals surface area contributed by atoms with Crippen LogP contribution in [0.4, 0.5) is 0 Å². The second-order valence-electron chi connectivity index (χ2n) is 2.16. The summed E-state index contributed by atoms with van der Waals surface area (Å²) in [7, 11) is 0. The Labute approximate surface area is 78.8 Å². The summed E-state index contributed by atoms with van der Waals surface area (Å²) in [6.45, 7) is 0.0274. The van der Waals surface area contributed by atoms with Gasteiger partial charge in [-0.05, 0) is 23.6 Å². The highest BCUT2D eigenvalue weighted by Gasteiger charge is 2.06. The number of carboxylic acid groups (broad SMARTS) is 1. The van der Waals surface area contributed by atoms with Gasteiger partial charge in [0.25, 0.3) is 0 Å². The molecule has 1 N–H and O–H groups in total. The molecule has 1 heterocycles. The van der Waals surface area contributed by atoms with Gasteiger partial charge >= 0.3 is 5.97 Å². The van der Waals surface area contributed by atoms with Crippen LogP contribution in [0.1, 0.15) is 16.3 Å². The molecule has 70 valence electrons. The van der Waals surface area contributed by atoms with Crippen LogP contribution in [-0.4, -0.2) is 17.6 Å². The summed E-state index contributed by atoms with van der Waals surface area (Å²) in [5.41, 5.74) is 7.93. The molecule has 0 spiro atoms. The molecule has 0 radical (unpaired) electrons. The Morgan fingerprint density at radius 2 is 2.50 bits per heavy atom. The number of aromatic carboxylic acids is 1. The topological polar surface area (TPSA) is 99.2 Å². The van der Waals surface area contributed by atoms with Crippen molar-refractivity contribution in [3.05, 3.63) is 34.1 Å². The molecule has 1 rings (SSSR count). The van der Waals surface area contributed by atoms with Gasteiger partial charge in [-0.2, -0.15) is 0 Å². The van der Waals surface area contributed by atoms with Gasteiger partial charge in [-0.1, -0.05) is 11.0 Å². The van der Waals surface area contributed by atoms with E-state index < -0.39 is 5.97 Å². The summed E-state index contributed by atoms with van der Waals surface area (Å²) in [5, 5.41) is 11.7. The summed E-state index contributed by atoms with van der Waals surface area (Å²) in [4.78, 5) is 12.9. The molecule has 0 aliphatic heterocycles. The van der Waals surface area contributed by atoms with E-state index in [1.165, 1.54) is 12.1 Å². The Kier molecular flexibility index (Phi) is 3.19. The first-order valence-electron chi connectivity index (χ1n) is 3.57. The van der Waals surface area contributed by atoms with Crippen molar-refractivity contribution in [2.75, 3.05) is 6.54 Å². The molecule has 0 aliphatic rings. The van der Waals surface area contributed by atoms with Gasteiger partial charge in [-0.3, -0.25) is 0 Å². The van der Waals surface area contributed by atoms with Crippen LogP contribution in [0.25, 0.3) is 10.4 Å². The summed E-state index contributed by atoms with van der Waals surface area (Å²) in [5.74, 6) is 3.93. The van der Waals surface area contributed by atoms with Gasteiger partial charge in [0, 0.05) is 4.91 Å². The molecule has 1 aromatic heterocycles. The molecule has 0 amide bonds. The van der Waals surface area contributed by atoms with E-state index in [0.29, 0.717) is 0 Å². The maximum atomic E-state index is 10.4. The minimum absolute atomic E-state index is 0.0274. The third kappa shape index (κ3) is 2.59. The van der Waals surface area contributed by atoms with Crippen molar-refractivity contribution in [1.29, 1.82) is 0 Å². The van der Waals surface area contributed by atoms with Crippen LogP contribution in [0, 0.1) is 11.8 Å². The first-order chi connectivity index (χ1) is 6.74. The molecule has 1 aromatic rings. The molecule has 6 heteroatoms. The fourth-order valence-electron chi connectivity index (χ4n) is 0.714. The smallest absolute Gasteiger partial charge is 0.371 e. The van der Waals surface area contributed by atoms with E-state index in [1.807, 2.05) is 0 Å². The molecule has 0 unspecified atom stereocenters. The van der Waals surface area contributed by atoms with Gasteiger partial charge in [0.1, 0.15) is 0 Å². The second kappa shape index (κ2) is 4.60. The first kappa shape index (κ1) is 9.71. The van der Waals surface area contributed by atoms with E-state index in [1.54, 1.807) is 0 Å². The van der Waals surface area contributed by atoms with Gasteiger partial charge < -0.3 is 9.52 Å². The quantitative estimate of drug-likeness (QED) is 0.332. The number of rotatable bonds is 2. The molecular weight excluding hydrogens is 186 g/mol. The highest BCUT2D eigenvalue weighted by atomic mass is 16.4. The van der Waals surface area contributed by atoms with E-state index in [0.717, 1.165) is 0 Å². The molecule has 6 nitrogen and oxygen atoms in total. The molecule has 0 saturated heterocycles. The van der Waals surface area contributed by atoms with Crippen LogP contribution >= 0.6 is 0 Å². The molecular formula is C8H5N3O3. The van der Waals surface area contributed by atoms with Gasteiger partial charge in [-0.15, -0.1) is 0 Å². The minimum Gasteiger partial charge on any atom is -0.475 e. The predicted octanol–water partition coefficient (Wildman–Crippen LogP) is 1.64. The fourth-order valence-corrected chi connectivity index (χ4v) is 0.714. The number of azide groups is 1. The second-order valence-corrected chi connectivity index (χ2v) is 2.16. The van der Waals surface area contributed by atoms with Crippen LogP contribution in [0.15, 0.2) is 21.7 Å².